The number of hydrogen-bond acceptors (Lipinski definition) is 2. The molecular formula is C12H24N2O. The van der Waals surface area contributed by atoms with Crippen LogP contribution in [0.15, 0.2) is 0 Å². The van der Waals surface area contributed by atoms with Gasteiger partial charge in [0.25, 0.3) is 0 Å². The summed E-state index contributed by atoms with van der Waals surface area (Å²) in [5.74, 6) is 0.289. The highest BCUT2D eigenvalue weighted by atomic mass is 16.2. The van der Waals surface area contributed by atoms with E-state index in [2.05, 4.69) is 19.2 Å². The number of rotatable bonds is 5. The summed E-state index contributed by atoms with van der Waals surface area (Å²) in [4.78, 5) is 13.2. The summed E-state index contributed by atoms with van der Waals surface area (Å²) in [5, 5.41) is 3.66. The molecule has 1 amide bonds. The van der Waals surface area contributed by atoms with Gasteiger partial charge < -0.3 is 10.2 Å². The summed E-state index contributed by atoms with van der Waals surface area (Å²) in [7, 11) is 1.90. The van der Waals surface area contributed by atoms with Crippen molar-refractivity contribution in [1.82, 2.24) is 10.2 Å². The van der Waals surface area contributed by atoms with E-state index in [9.17, 15) is 4.79 Å². The SMILES string of the molecule is CCCC(CC)NC1CCC(=O)N(C)C1. The van der Waals surface area contributed by atoms with Gasteiger partial charge in [-0.2, -0.15) is 0 Å². The fraction of sp³-hybridized carbons (Fsp3) is 0.917. The molecule has 88 valence electrons. The average molecular weight is 212 g/mol. The van der Waals surface area contributed by atoms with E-state index < -0.39 is 0 Å². The van der Waals surface area contributed by atoms with Crippen LogP contribution in [0.4, 0.5) is 0 Å². The molecule has 1 fully saturated rings. The quantitative estimate of drug-likeness (QED) is 0.753. The van der Waals surface area contributed by atoms with Gasteiger partial charge in [0.2, 0.25) is 5.91 Å². The first kappa shape index (κ1) is 12.5. The van der Waals surface area contributed by atoms with Gasteiger partial charge in [-0.25, -0.2) is 0 Å². The van der Waals surface area contributed by atoms with Crippen molar-refractivity contribution in [1.29, 1.82) is 0 Å². The number of carbonyl (C=O) groups excluding carboxylic acids is 1. The molecule has 1 saturated heterocycles. The lowest BCUT2D eigenvalue weighted by atomic mass is 10.0. The number of nitrogens with one attached hydrogen (secondary N) is 1. The molecule has 0 saturated carbocycles. The van der Waals surface area contributed by atoms with Crippen molar-refractivity contribution < 1.29 is 4.79 Å². The van der Waals surface area contributed by atoms with Crippen LogP contribution < -0.4 is 5.32 Å². The van der Waals surface area contributed by atoms with E-state index in [-0.39, 0.29) is 5.91 Å². The Bertz CT molecular complexity index is 206. The molecule has 0 bridgehead atoms. The molecule has 2 unspecified atom stereocenters. The number of carbonyl (C=O) groups is 1. The number of likely N-dealkylation sites (N-methyl/N-ethyl adjacent to an activating group) is 1. The molecule has 1 heterocycles. The Balaban J connectivity index is 2.34. The zero-order valence-electron chi connectivity index (χ0n) is 10.3. The lowest BCUT2D eigenvalue weighted by Crippen LogP contribution is -2.49. The first-order chi connectivity index (χ1) is 7.17. The fourth-order valence-electron chi connectivity index (χ4n) is 2.24. The van der Waals surface area contributed by atoms with Crippen LogP contribution in [-0.2, 0) is 4.79 Å². The molecule has 0 aromatic carbocycles. The molecule has 1 aliphatic rings. The van der Waals surface area contributed by atoms with Crippen LogP contribution in [0.3, 0.4) is 0 Å². The van der Waals surface area contributed by atoms with E-state index in [4.69, 9.17) is 0 Å². The maximum atomic E-state index is 11.3. The summed E-state index contributed by atoms with van der Waals surface area (Å²) in [6, 6.07) is 1.13. The van der Waals surface area contributed by atoms with Crippen molar-refractivity contribution >= 4 is 5.91 Å². The molecule has 15 heavy (non-hydrogen) atoms. The minimum atomic E-state index is 0.289. The van der Waals surface area contributed by atoms with Gasteiger partial charge >= 0.3 is 0 Å². The summed E-state index contributed by atoms with van der Waals surface area (Å²) in [6.45, 7) is 5.32. The van der Waals surface area contributed by atoms with Gasteiger partial charge in [-0.1, -0.05) is 20.3 Å². The lowest BCUT2D eigenvalue weighted by molar-refractivity contribution is -0.132. The Hall–Kier alpha value is -0.570. The molecule has 0 radical (unpaired) electrons. The molecule has 0 aromatic heterocycles. The highest BCUT2D eigenvalue weighted by molar-refractivity contribution is 5.76. The zero-order chi connectivity index (χ0) is 11.3. The Kier molecular flexibility index (Phi) is 5.09. The van der Waals surface area contributed by atoms with Crippen LogP contribution in [0.25, 0.3) is 0 Å². The molecule has 0 spiro atoms. The number of amides is 1. The summed E-state index contributed by atoms with van der Waals surface area (Å²) in [6.07, 6.45) is 5.36. The second-order valence-corrected chi connectivity index (χ2v) is 4.57. The normalized spacial score (nSPS) is 24.3. The lowest BCUT2D eigenvalue weighted by Gasteiger charge is -2.33. The zero-order valence-corrected chi connectivity index (χ0v) is 10.3. The maximum absolute atomic E-state index is 11.3. The fourth-order valence-corrected chi connectivity index (χ4v) is 2.24. The van der Waals surface area contributed by atoms with E-state index in [0.29, 0.717) is 18.5 Å². The van der Waals surface area contributed by atoms with Crippen molar-refractivity contribution in [3.05, 3.63) is 0 Å². The van der Waals surface area contributed by atoms with E-state index in [1.165, 1.54) is 19.3 Å². The van der Waals surface area contributed by atoms with Gasteiger partial charge in [0, 0.05) is 32.1 Å². The van der Waals surface area contributed by atoms with Crippen LogP contribution in [0, 0.1) is 0 Å². The first-order valence-corrected chi connectivity index (χ1v) is 6.17. The molecule has 2 atom stereocenters. The maximum Gasteiger partial charge on any atom is 0.222 e. The number of likely N-dealkylation sites (tertiary alicyclic amines) is 1. The summed E-state index contributed by atoms with van der Waals surface area (Å²) >= 11 is 0. The Morgan fingerprint density at radius 3 is 2.80 bits per heavy atom. The molecule has 3 nitrogen and oxygen atoms in total. The highest BCUT2D eigenvalue weighted by Crippen LogP contribution is 2.12. The third-order valence-corrected chi connectivity index (χ3v) is 3.23. The number of piperidine rings is 1. The van der Waals surface area contributed by atoms with Crippen LogP contribution in [0.2, 0.25) is 0 Å². The smallest absolute Gasteiger partial charge is 0.222 e. The second-order valence-electron chi connectivity index (χ2n) is 4.57. The van der Waals surface area contributed by atoms with E-state index in [1.807, 2.05) is 11.9 Å². The highest BCUT2D eigenvalue weighted by Gasteiger charge is 2.23. The monoisotopic (exact) mass is 212 g/mol. The van der Waals surface area contributed by atoms with Crippen LogP contribution >= 0.6 is 0 Å². The predicted octanol–water partition coefficient (Wildman–Crippen LogP) is 1.78. The number of hydrogen-bond donors (Lipinski definition) is 1. The van der Waals surface area contributed by atoms with E-state index in [1.54, 1.807) is 0 Å². The largest absolute Gasteiger partial charge is 0.344 e. The second kappa shape index (κ2) is 6.11. The van der Waals surface area contributed by atoms with Crippen LogP contribution in [-0.4, -0.2) is 36.5 Å². The van der Waals surface area contributed by atoms with Crippen molar-refractivity contribution in [3.8, 4) is 0 Å². The first-order valence-electron chi connectivity index (χ1n) is 6.17. The standard InChI is InChI=1S/C12H24N2O/c1-4-6-10(5-2)13-11-7-8-12(15)14(3)9-11/h10-11,13H,4-9H2,1-3H3. The molecule has 0 aromatic rings. The molecule has 1 aliphatic heterocycles. The van der Waals surface area contributed by atoms with Gasteiger partial charge in [-0.15, -0.1) is 0 Å². The topological polar surface area (TPSA) is 32.3 Å². The van der Waals surface area contributed by atoms with Crippen LogP contribution in [0.1, 0.15) is 46.0 Å². The Morgan fingerprint density at radius 2 is 2.27 bits per heavy atom. The minimum Gasteiger partial charge on any atom is -0.344 e. The molecular weight excluding hydrogens is 188 g/mol. The molecule has 1 N–H and O–H groups in total. The van der Waals surface area contributed by atoms with Gasteiger partial charge in [-0.05, 0) is 19.3 Å². The third kappa shape index (κ3) is 3.82. The van der Waals surface area contributed by atoms with Crippen molar-refractivity contribution in [3.63, 3.8) is 0 Å². The van der Waals surface area contributed by atoms with Gasteiger partial charge in [0.1, 0.15) is 0 Å². The van der Waals surface area contributed by atoms with Crippen molar-refractivity contribution in [2.75, 3.05) is 13.6 Å². The molecule has 1 rings (SSSR count). The molecule has 0 aliphatic carbocycles. The Morgan fingerprint density at radius 1 is 1.53 bits per heavy atom. The predicted molar refractivity (Wildman–Crippen MR) is 62.8 cm³/mol. The van der Waals surface area contributed by atoms with Gasteiger partial charge in [0.05, 0.1) is 0 Å². The third-order valence-electron chi connectivity index (χ3n) is 3.23. The van der Waals surface area contributed by atoms with E-state index >= 15 is 0 Å². The summed E-state index contributed by atoms with van der Waals surface area (Å²) in [5.41, 5.74) is 0. The van der Waals surface area contributed by atoms with Gasteiger partial charge in [-0.3, -0.25) is 4.79 Å². The Labute approximate surface area is 93.2 Å². The average Bonchev–Trinajstić information content (AvgIpc) is 2.23. The minimum absolute atomic E-state index is 0.289. The van der Waals surface area contributed by atoms with Crippen molar-refractivity contribution in [2.24, 2.45) is 0 Å². The number of nitrogens with zero attached hydrogens (tertiary/aromatic N) is 1. The van der Waals surface area contributed by atoms with E-state index in [0.717, 1.165) is 13.0 Å². The van der Waals surface area contributed by atoms with Gasteiger partial charge in [0.15, 0.2) is 0 Å². The van der Waals surface area contributed by atoms with Crippen LogP contribution in [0.5, 0.6) is 0 Å². The molecule has 3 heteroatoms. The van der Waals surface area contributed by atoms with Crippen molar-refractivity contribution in [2.45, 2.75) is 58.0 Å². The summed E-state index contributed by atoms with van der Waals surface area (Å²) < 4.78 is 0.